The second-order valence-corrected chi connectivity index (χ2v) is 10.8. The van der Waals surface area contributed by atoms with Crippen LogP contribution < -0.4 is 11.1 Å². The summed E-state index contributed by atoms with van der Waals surface area (Å²) >= 11 is -0.807. The standard InChI is InChI=1S/C22H32F3N5OS/c1-12(2)29-19(10-18(26)13-7-17(22(23,24)25)21(27)28-11-13)20-15-8-14(9-16(15)20)30(3)5-6-32(4)31/h7,10-12,14-16,20,26,29H,5-6,8-9H2,1-4H3,(H2,27,28)/b19-10-,26-18?/t14?,15-,16+,20+,32?. The van der Waals surface area contributed by atoms with Gasteiger partial charge in [-0.15, -0.1) is 0 Å². The molecule has 5 atom stereocenters. The molecule has 1 aromatic rings. The summed E-state index contributed by atoms with van der Waals surface area (Å²) in [5, 5.41) is 11.8. The molecule has 0 bridgehead atoms. The number of aromatic nitrogens is 1. The minimum Gasteiger partial charge on any atom is -0.617 e. The Balaban J connectivity index is 1.72. The number of hydrogen-bond acceptors (Lipinski definition) is 6. The summed E-state index contributed by atoms with van der Waals surface area (Å²) in [7, 11) is 2.07. The summed E-state index contributed by atoms with van der Waals surface area (Å²) in [6.45, 7) is 4.81. The minimum absolute atomic E-state index is 0.0183. The molecule has 2 aliphatic rings. The Kier molecular flexibility index (Phi) is 7.46. The van der Waals surface area contributed by atoms with Gasteiger partial charge in [0.1, 0.15) is 11.6 Å². The minimum atomic E-state index is -4.62. The highest BCUT2D eigenvalue weighted by Crippen LogP contribution is 2.61. The Morgan fingerprint density at radius 1 is 1.41 bits per heavy atom. The smallest absolute Gasteiger partial charge is 0.419 e. The highest BCUT2D eigenvalue weighted by Gasteiger charge is 2.58. The number of fused-ring (bicyclic) bond motifs is 1. The largest absolute Gasteiger partial charge is 0.617 e. The third-order valence-corrected chi connectivity index (χ3v) is 7.18. The van der Waals surface area contributed by atoms with Gasteiger partial charge in [-0.2, -0.15) is 13.2 Å². The number of nitrogens with zero attached hydrogens (tertiary/aromatic N) is 2. The lowest BCUT2D eigenvalue weighted by Gasteiger charge is -2.27. The fraction of sp³-hybridized carbons (Fsp3) is 0.636. The molecule has 0 saturated heterocycles. The van der Waals surface area contributed by atoms with Crippen LogP contribution in [-0.4, -0.2) is 57.8 Å². The average molecular weight is 472 g/mol. The lowest BCUT2D eigenvalue weighted by atomic mass is 10.0. The first kappa shape index (κ1) is 24.9. The van der Waals surface area contributed by atoms with E-state index in [9.17, 15) is 17.7 Å². The molecular weight excluding hydrogens is 439 g/mol. The summed E-state index contributed by atoms with van der Waals surface area (Å²) in [6.07, 6.45) is 2.04. The predicted octanol–water partition coefficient (Wildman–Crippen LogP) is 3.27. The van der Waals surface area contributed by atoms with Gasteiger partial charge in [0.15, 0.2) is 0 Å². The summed E-state index contributed by atoms with van der Waals surface area (Å²) in [4.78, 5) is 5.93. The van der Waals surface area contributed by atoms with Gasteiger partial charge in [-0.3, -0.25) is 4.90 Å². The van der Waals surface area contributed by atoms with E-state index in [4.69, 9.17) is 11.1 Å². The third kappa shape index (κ3) is 5.77. The first-order chi connectivity index (χ1) is 14.9. The van der Waals surface area contributed by atoms with Crippen LogP contribution >= 0.6 is 0 Å². The Morgan fingerprint density at radius 3 is 2.56 bits per heavy atom. The molecule has 10 heteroatoms. The monoisotopic (exact) mass is 471 g/mol. The average Bonchev–Trinajstić information content (AvgIpc) is 3.17. The van der Waals surface area contributed by atoms with Gasteiger partial charge in [-0.05, 0) is 57.7 Å². The molecule has 0 amide bonds. The van der Waals surface area contributed by atoms with Crippen LogP contribution in [0.3, 0.4) is 0 Å². The summed E-state index contributed by atoms with van der Waals surface area (Å²) in [5.41, 5.74) is 5.34. The van der Waals surface area contributed by atoms with Crippen LogP contribution in [0.15, 0.2) is 24.0 Å². The molecule has 0 spiro atoms. The second kappa shape index (κ2) is 9.61. The van der Waals surface area contributed by atoms with Crippen molar-refractivity contribution in [3.05, 3.63) is 35.2 Å². The number of allylic oxidation sites excluding steroid dienone is 2. The molecule has 178 valence electrons. The molecule has 2 aliphatic carbocycles. The van der Waals surface area contributed by atoms with Crippen molar-refractivity contribution in [2.45, 2.75) is 44.9 Å². The number of rotatable bonds is 9. The van der Waals surface area contributed by atoms with Gasteiger partial charge in [-0.1, -0.05) is 11.2 Å². The summed E-state index contributed by atoms with van der Waals surface area (Å²) < 4.78 is 50.9. The van der Waals surface area contributed by atoms with Crippen molar-refractivity contribution in [1.29, 1.82) is 5.41 Å². The number of alkyl halides is 3. The number of nitrogen functional groups attached to an aromatic ring is 1. The van der Waals surface area contributed by atoms with E-state index in [0.29, 0.717) is 23.6 Å². The topological polar surface area (TPSA) is 101 Å². The normalized spacial score (nSPS) is 26.4. The lowest BCUT2D eigenvalue weighted by molar-refractivity contribution is -0.137. The van der Waals surface area contributed by atoms with E-state index >= 15 is 0 Å². The maximum Gasteiger partial charge on any atom is 0.419 e. The van der Waals surface area contributed by atoms with Gasteiger partial charge in [0, 0.05) is 42.0 Å². The van der Waals surface area contributed by atoms with Gasteiger partial charge < -0.3 is 21.0 Å². The first-order valence-corrected chi connectivity index (χ1v) is 12.5. The Morgan fingerprint density at radius 2 is 2.03 bits per heavy atom. The van der Waals surface area contributed by atoms with E-state index in [-0.39, 0.29) is 23.2 Å². The molecule has 2 saturated carbocycles. The molecular formula is C22H32F3N5OS. The molecule has 3 rings (SSSR count). The molecule has 1 aromatic heterocycles. The Hall–Kier alpha value is -1.78. The highest BCUT2D eigenvalue weighted by molar-refractivity contribution is 7.90. The zero-order valence-corrected chi connectivity index (χ0v) is 19.7. The Labute approximate surface area is 190 Å². The van der Waals surface area contributed by atoms with E-state index in [1.165, 1.54) is 6.20 Å². The van der Waals surface area contributed by atoms with Crippen LogP contribution in [0.2, 0.25) is 0 Å². The van der Waals surface area contributed by atoms with Gasteiger partial charge >= 0.3 is 6.18 Å². The number of nitrogens with one attached hydrogen (secondary N) is 2. The number of halogens is 3. The SMILES string of the molecule is CC(C)N/C(=C\C(=N)c1cnc(N)c(C(F)(F)F)c1)[C@H]1[C@@H]2CC(N(C)CC[S+](C)[O-])C[C@@H]21. The highest BCUT2D eigenvalue weighted by atomic mass is 32.2. The Bertz CT molecular complexity index is 862. The molecule has 2 fully saturated rings. The molecule has 0 radical (unpaired) electrons. The summed E-state index contributed by atoms with van der Waals surface area (Å²) in [6, 6.07) is 1.49. The van der Waals surface area contributed by atoms with Crippen LogP contribution in [0.1, 0.15) is 37.8 Å². The van der Waals surface area contributed by atoms with Gasteiger partial charge in [0.25, 0.3) is 0 Å². The van der Waals surface area contributed by atoms with Crippen LogP contribution in [0.25, 0.3) is 0 Å². The van der Waals surface area contributed by atoms with Gasteiger partial charge in [0.05, 0.1) is 17.5 Å². The number of hydrogen-bond donors (Lipinski definition) is 3. The van der Waals surface area contributed by atoms with Crippen molar-refractivity contribution in [2.75, 3.05) is 31.3 Å². The fourth-order valence-electron chi connectivity index (χ4n) is 4.74. The van der Waals surface area contributed by atoms with E-state index in [1.807, 2.05) is 13.8 Å². The molecule has 0 aliphatic heterocycles. The van der Waals surface area contributed by atoms with Crippen LogP contribution in [-0.2, 0) is 17.4 Å². The zero-order valence-electron chi connectivity index (χ0n) is 18.9. The van der Waals surface area contributed by atoms with Gasteiger partial charge in [0.2, 0.25) is 0 Å². The maximum absolute atomic E-state index is 13.2. The lowest BCUT2D eigenvalue weighted by Crippen LogP contribution is -2.35. The number of nitrogens with two attached hydrogens (primary N) is 1. The van der Waals surface area contributed by atoms with Crippen molar-refractivity contribution < 1.29 is 17.7 Å². The van der Waals surface area contributed by atoms with E-state index in [1.54, 1.807) is 12.3 Å². The van der Waals surface area contributed by atoms with E-state index < -0.39 is 28.7 Å². The van der Waals surface area contributed by atoms with Crippen molar-refractivity contribution >= 4 is 22.7 Å². The number of pyridine rings is 1. The zero-order chi connectivity index (χ0) is 23.8. The second-order valence-electron chi connectivity index (χ2n) is 9.20. The molecule has 2 unspecified atom stereocenters. The van der Waals surface area contributed by atoms with Gasteiger partial charge in [-0.25, -0.2) is 4.98 Å². The molecule has 32 heavy (non-hydrogen) atoms. The van der Waals surface area contributed by atoms with Crippen molar-refractivity contribution in [3.63, 3.8) is 0 Å². The molecule has 1 heterocycles. The molecule has 0 aromatic carbocycles. The molecule has 6 nitrogen and oxygen atoms in total. The van der Waals surface area contributed by atoms with Crippen molar-refractivity contribution in [2.24, 2.45) is 17.8 Å². The quantitative estimate of drug-likeness (QED) is 0.379. The predicted molar refractivity (Wildman–Crippen MR) is 122 cm³/mol. The van der Waals surface area contributed by atoms with Crippen LogP contribution in [0, 0.1) is 23.2 Å². The first-order valence-electron chi connectivity index (χ1n) is 10.8. The third-order valence-electron chi connectivity index (χ3n) is 6.42. The van der Waals surface area contributed by atoms with Crippen LogP contribution in [0.4, 0.5) is 19.0 Å². The van der Waals surface area contributed by atoms with E-state index in [2.05, 4.69) is 22.2 Å². The summed E-state index contributed by atoms with van der Waals surface area (Å²) in [5.74, 6) is 1.35. The number of anilines is 1. The van der Waals surface area contributed by atoms with Crippen molar-refractivity contribution in [1.82, 2.24) is 15.2 Å². The van der Waals surface area contributed by atoms with E-state index in [0.717, 1.165) is 31.1 Å². The van der Waals surface area contributed by atoms with Crippen LogP contribution in [0.5, 0.6) is 0 Å². The molecule has 4 N–H and O–H groups in total. The van der Waals surface area contributed by atoms with Crippen molar-refractivity contribution in [3.8, 4) is 0 Å². The fourth-order valence-corrected chi connectivity index (χ4v) is 5.29. The maximum atomic E-state index is 13.2.